The van der Waals surface area contributed by atoms with Crippen LogP contribution in [0.25, 0.3) is 11.1 Å². The van der Waals surface area contributed by atoms with Gasteiger partial charge in [0.1, 0.15) is 5.75 Å². The summed E-state index contributed by atoms with van der Waals surface area (Å²) in [6, 6.07) is 22.0. The van der Waals surface area contributed by atoms with Crippen molar-refractivity contribution in [3.63, 3.8) is 0 Å². The Kier molecular flexibility index (Phi) is 5.87. The second-order valence-corrected chi connectivity index (χ2v) is 6.89. The number of anilines is 1. The maximum absolute atomic E-state index is 6.14. The summed E-state index contributed by atoms with van der Waals surface area (Å²) in [6.45, 7) is 0. The van der Waals surface area contributed by atoms with Gasteiger partial charge in [0.15, 0.2) is 0 Å². The number of benzene rings is 3. The second-order valence-electron chi connectivity index (χ2n) is 5.31. The van der Waals surface area contributed by atoms with E-state index < -0.39 is 0 Å². The summed E-state index contributed by atoms with van der Waals surface area (Å²) in [5.74, 6) is 0.825. The minimum absolute atomic E-state index is 0.707. The van der Waals surface area contributed by atoms with Gasteiger partial charge in [0.05, 0.1) is 19.9 Å². The first-order valence-electron chi connectivity index (χ1n) is 7.70. The first-order chi connectivity index (χ1) is 12.2. The van der Waals surface area contributed by atoms with E-state index in [1.165, 1.54) is 0 Å². The van der Waals surface area contributed by atoms with Crippen molar-refractivity contribution in [2.24, 2.45) is 0 Å². The van der Waals surface area contributed by atoms with E-state index >= 15 is 0 Å². The molecule has 0 aromatic heterocycles. The van der Waals surface area contributed by atoms with E-state index in [-0.39, 0.29) is 0 Å². The zero-order valence-corrected chi connectivity index (χ0v) is 15.5. The van der Waals surface area contributed by atoms with Gasteiger partial charge < -0.3 is 4.74 Å². The molecule has 3 aromatic rings. The van der Waals surface area contributed by atoms with Gasteiger partial charge in [0, 0.05) is 20.4 Å². The van der Waals surface area contributed by atoms with Gasteiger partial charge in [-0.15, -0.1) is 0 Å². The van der Waals surface area contributed by atoms with E-state index in [1.54, 1.807) is 26.0 Å². The fraction of sp³-hybridized carbons (Fsp3) is 0.100. The number of ether oxygens (including phenoxy) is 1. The molecule has 0 saturated carbocycles. The third kappa shape index (κ3) is 4.48. The minimum atomic E-state index is 0.707. The van der Waals surface area contributed by atoms with E-state index in [4.69, 9.17) is 21.2 Å². The van der Waals surface area contributed by atoms with Gasteiger partial charge in [-0.2, -0.15) is 0 Å². The lowest BCUT2D eigenvalue weighted by atomic mass is 10.0. The van der Waals surface area contributed by atoms with Crippen molar-refractivity contribution in [2.45, 2.75) is 9.79 Å². The number of hydrogen-bond donors (Lipinski definition) is 1. The molecule has 0 spiro atoms. The summed E-state index contributed by atoms with van der Waals surface area (Å²) in [6.07, 6.45) is 0. The van der Waals surface area contributed by atoms with Crippen LogP contribution in [0, 0.1) is 0 Å². The quantitative estimate of drug-likeness (QED) is 0.527. The van der Waals surface area contributed by atoms with E-state index in [2.05, 4.69) is 29.7 Å². The molecule has 1 N–H and O–H groups in total. The van der Waals surface area contributed by atoms with Gasteiger partial charge in [-0.05, 0) is 60.2 Å². The number of methoxy groups -OCH3 is 1. The lowest BCUT2D eigenvalue weighted by Gasteiger charge is -2.12. The SMILES string of the molecule is CONc1ccc(Sc2ccc(OC)c(-c3cccc(Cl)c3)c2)cc1. The molecule has 5 heteroatoms. The Morgan fingerprint density at radius 1 is 0.880 bits per heavy atom. The van der Waals surface area contributed by atoms with E-state index in [9.17, 15) is 0 Å². The average molecular weight is 372 g/mol. The number of hydrogen-bond acceptors (Lipinski definition) is 4. The molecule has 128 valence electrons. The van der Waals surface area contributed by atoms with Crippen LogP contribution in [-0.4, -0.2) is 14.2 Å². The molecule has 0 heterocycles. The molecular formula is C20H18ClNO2S. The van der Waals surface area contributed by atoms with Gasteiger partial charge in [-0.25, -0.2) is 0 Å². The normalized spacial score (nSPS) is 10.5. The van der Waals surface area contributed by atoms with E-state index in [1.807, 2.05) is 42.5 Å². The van der Waals surface area contributed by atoms with Crippen LogP contribution < -0.4 is 10.2 Å². The zero-order chi connectivity index (χ0) is 17.6. The monoisotopic (exact) mass is 371 g/mol. The molecule has 0 fully saturated rings. The largest absolute Gasteiger partial charge is 0.496 e. The Morgan fingerprint density at radius 2 is 1.64 bits per heavy atom. The van der Waals surface area contributed by atoms with Crippen molar-refractivity contribution >= 4 is 29.1 Å². The average Bonchev–Trinajstić information content (AvgIpc) is 2.63. The molecule has 3 nitrogen and oxygen atoms in total. The van der Waals surface area contributed by atoms with Crippen LogP contribution in [0.4, 0.5) is 5.69 Å². The molecule has 0 bridgehead atoms. The number of nitrogens with one attached hydrogen (secondary N) is 1. The first kappa shape index (κ1) is 17.7. The van der Waals surface area contributed by atoms with Crippen molar-refractivity contribution in [3.05, 3.63) is 71.8 Å². The highest BCUT2D eigenvalue weighted by Gasteiger charge is 2.09. The Balaban J connectivity index is 1.89. The first-order valence-corrected chi connectivity index (χ1v) is 8.90. The van der Waals surface area contributed by atoms with Crippen LogP contribution in [0.5, 0.6) is 5.75 Å². The highest BCUT2D eigenvalue weighted by Crippen LogP contribution is 2.37. The fourth-order valence-electron chi connectivity index (χ4n) is 2.48. The van der Waals surface area contributed by atoms with Crippen LogP contribution >= 0.6 is 23.4 Å². The van der Waals surface area contributed by atoms with Crippen molar-refractivity contribution in [3.8, 4) is 16.9 Å². The molecule has 0 aliphatic rings. The molecule has 0 unspecified atom stereocenters. The smallest absolute Gasteiger partial charge is 0.126 e. The summed E-state index contributed by atoms with van der Waals surface area (Å²) < 4.78 is 5.51. The summed E-state index contributed by atoms with van der Waals surface area (Å²) >= 11 is 7.83. The molecular weight excluding hydrogens is 354 g/mol. The number of rotatable bonds is 6. The zero-order valence-electron chi connectivity index (χ0n) is 14.0. The topological polar surface area (TPSA) is 30.5 Å². The summed E-state index contributed by atoms with van der Waals surface area (Å²) in [5.41, 5.74) is 5.78. The van der Waals surface area contributed by atoms with Gasteiger partial charge in [0.2, 0.25) is 0 Å². The molecule has 3 rings (SSSR count). The third-order valence-corrected chi connectivity index (χ3v) is 4.85. The van der Waals surface area contributed by atoms with Gasteiger partial charge in [-0.3, -0.25) is 10.3 Å². The predicted octanol–water partition coefficient (Wildman–Crippen LogP) is 6.14. The molecule has 0 aliphatic heterocycles. The minimum Gasteiger partial charge on any atom is -0.496 e. The third-order valence-electron chi connectivity index (χ3n) is 3.62. The van der Waals surface area contributed by atoms with Crippen LogP contribution in [0.15, 0.2) is 76.5 Å². The molecule has 3 aromatic carbocycles. The molecule has 0 atom stereocenters. The van der Waals surface area contributed by atoms with Crippen molar-refractivity contribution in [2.75, 3.05) is 19.7 Å². The lowest BCUT2D eigenvalue weighted by Crippen LogP contribution is -1.94. The van der Waals surface area contributed by atoms with Crippen molar-refractivity contribution < 1.29 is 9.57 Å². The van der Waals surface area contributed by atoms with E-state index in [0.717, 1.165) is 32.4 Å². The molecule has 0 aliphatic carbocycles. The summed E-state index contributed by atoms with van der Waals surface area (Å²) in [7, 11) is 3.27. The molecule has 0 radical (unpaired) electrons. The Morgan fingerprint density at radius 3 is 2.32 bits per heavy atom. The van der Waals surface area contributed by atoms with Gasteiger partial charge in [0.25, 0.3) is 0 Å². The Bertz CT molecular complexity index is 853. The Labute approximate surface area is 156 Å². The maximum Gasteiger partial charge on any atom is 0.126 e. The van der Waals surface area contributed by atoms with Crippen LogP contribution in [0.3, 0.4) is 0 Å². The standard InChI is InChI=1S/C20H18ClNO2S/c1-23-20-11-10-18(13-19(20)14-4-3-5-15(21)12-14)25-17-8-6-16(7-9-17)22-24-2/h3-13,22H,1-2H3. The molecule has 25 heavy (non-hydrogen) atoms. The molecule has 0 amide bonds. The van der Waals surface area contributed by atoms with Crippen molar-refractivity contribution in [1.82, 2.24) is 0 Å². The highest BCUT2D eigenvalue weighted by molar-refractivity contribution is 7.99. The summed E-state index contributed by atoms with van der Waals surface area (Å²) in [4.78, 5) is 7.17. The lowest BCUT2D eigenvalue weighted by molar-refractivity contribution is 0.271. The molecule has 0 saturated heterocycles. The van der Waals surface area contributed by atoms with Crippen LogP contribution in [0.2, 0.25) is 5.02 Å². The summed E-state index contributed by atoms with van der Waals surface area (Å²) in [5, 5.41) is 0.707. The fourth-order valence-corrected chi connectivity index (χ4v) is 3.52. The van der Waals surface area contributed by atoms with Crippen molar-refractivity contribution in [1.29, 1.82) is 0 Å². The highest BCUT2D eigenvalue weighted by atomic mass is 35.5. The second kappa shape index (κ2) is 8.30. The maximum atomic E-state index is 6.14. The van der Waals surface area contributed by atoms with Crippen LogP contribution in [-0.2, 0) is 4.84 Å². The van der Waals surface area contributed by atoms with Crippen LogP contribution in [0.1, 0.15) is 0 Å². The van der Waals surface area contributed by atoms with E-state index in [0.29, 0.717) is 5.02 Å². The Hall–Kier alpha value is -2.14. The van der Waals surface area contributed by atoms with Gasteiger partial charge in [-0.1, -0.05) is 35.5 Å². The predicted molar refractivity (Wildman–Crippen MR) is 105 cm³/mol. The van der Waals surface area contributed by atoms with Gasteiger partial charge >= 0.3 is 0 Å². The number of halogens is 1.